The van der Waals surface area contributed by atoms with E-state index in [0.29, 0.717) is 10.6 Å². The molecule has 0 radical (unpaired) electrons. The molecule has 0 saturated carbocycles. The van der Waals surface area contributed by atoms with Crippen molar-refractivity contribution in [3.05, 3.63) is 70.2 Å². The largest absolute Gasteiger partial charge is 0.497 e. The van der Waals surface area contributed by atoms with Crippen molar-refractivity contribution >= 4 is 38.8 Å². The normalized spacial score (nSPS) is 13.1. The van der Waals surface area contributed by atoms with Gasteiger partial charge in [0, 0.05) is 16.8 Å². The van der Waals surface area contributed by atoms with E-state index in [2.05, 4.69) is 17.4 Å². The van der Waals surface area contributed by atoms with E-state index >= 15 is 0 Å². The molecule has 0 spiro atoms. The molecule has 0 atom stereocenters. The molecule has 32 heavy (non-hydrogen) atoms. The maximum Gasteiger partial charge on any atom is 0.267 e. The van der Waals surface area contributed by atoms with Gasteiger partial charge in [0.15, 0.2) is 0 Å². The minimum absolute atomic E-state index is 0.196. The van der Waals surface area contributed by atoms with E-state index in [1.165, 1.54) is 16.9 Å². The summed E-state index contributed by atoms with van der Waals surface area (Å²) in [6.07, 6.45) is 4.19. The van der Waals surface area contributed by atoms with Crippen molar-refractivity contribution in [1.82, 2.24) is 4.98 Å². The second-order valence-corrected chi connectivity index (χ2v) is 9.14. The van der Waals surface area contributed by atoms with E-state index < -0.39 is 0 Å². The van der Waals surface area contributed by atoms with Gasteiger partial charge >= 0.3 is 0 Å². The molecule has 4 aromatic rings. The van der Waals surface area contributed by atoms with Gasteiger partial charge < -0.3 is 15.8 Å². The number of anilines is 2. The summed E-state index contributed by atoms with van der Waals surface area (Å²) < 4.78 is 5.34. The van der Waals surface area contributed by atoms with Gasteiger partial charge in [-0.3, -0.25) is 4.79 Å². The molecule has 5 nitrogen and oxygen atoms in total. The molecule has 1 aliphatic carbocycles. The Hall–Kier alpha value is -3.38. The van der Waals surface area contributed by atoms with Crippen molar-refractivity contribution in [1.29, 1.82) is 0 Å². The number of nitrogens with zero attached hydrogens (tertiary/aromatic N) is 1. The molecule has 6 heteroatoms. The number of nitrogen functional groups attached to an aromatic ring is 1. The Labute approximate surface area is 191 Å². The second-order valence-electron chi connectivity index (χ2n) is 8.14. The van der Waals surface area contributed by atoms with Crippen LogP contribution in [0.25, 0.3) is 21.3 Å². The number of nitrogens with two attached hydrogens (primary N) is 1. The number of aromatic nitrogens is 1. The first-order valence-corrected chi connectivity index (χ1v) is 11.6. The predicted octanol–water partition coefficient (Wildman–Crippen LogP) is 5.99. The highest BCUT2D eigenvalue weighted by atomic mass is 32.1. The summed E-state index contributed by atoms with van der Waals surface area (Å²) >= 11 is 1.37. The van der Waals surface area contributed by atoms with Gasteiger partial charge in [-0.2, -0.15) is 0 Å². The van der Waals surface area contributed by atoms with E-state index in [0.717, 1.165) is 69.7 Å². The van der Waals surface area contributed by atoms with Gasteiger partial charge in [-0.25, -0.2) is 4.98 Å². The summed E-state index contributed by atoms with van der Waals surface area (Å²) in [4.78, 5) is 19.5. The van der Waals surface area contributed by atoms with Crippen molar-refractivity contribution in [2.75, 3.05) is 18.2 Å². The van der Waals surface area contributed by atoms with Crippen LogP contribution in [0.5, 0.6) is 5.75 Å². The summed E-state index contributed by atoms with van der Waals surface area (Å²) in [6.45, 7) is 1.97. The fourth-order valence-corrected chi connectivity index (χ4v) is 5.46. The van der Waals surface area contributed by atoms with Crippen LogP contribution in [-0.4, -0.2) is 18.0 Å². The van der Waals surface area contributed by atoms with Gasteiger partial charge in [-0.1, -0.05) is 30.3 Å². The number of ether oxygens (including phenoxy) is 1. The monoisotopic (exact) mass is 443 g/mol. The van der Waals surface area contributed by atoms with Crippen molar-refractivity contribution in [2.45, 2.75) is 32.6 Å². The van der Waals surface area contributed by atoms with Crippen LogP contribution in [0.4, 0.5) is 11.4 Å². The van der Waals surface area contributed by atoms with E-state index in [-0.39, 0.29) is 5.91 Å². The van der Waals surface area contributed by atoms with Crippen molar-refractivity contribution in [2.24, 2.45) is 0 Å². The van der Waals surface area contributed by atoms with Gasteiger partial charge in [-0.05, 0) is 73.1 Å². The number of fused-ring (bicyclic) bond motifs is 2. The fraction of sp³-hybridized carbons (Fsp3) is 0.231. The van der Waals surface area contributed by atoms with Gasteiger partial charge in [-0.15, -0.1) is 11.3 Å². The molecule has 0 unspecified atom stereocenters. The average molecular weight is 444 g/mol. The average Bonchev–Trinajstić information content (AvgIpc) is 3.15. The number of methoxy groups -OCH3 is 1. The zero-order chi connectivity index (χ0) is 22.2. The third-order valence-electron chi connectivity index (χ3n) is 6.13. The van der Waals surface area contributed by atoms with Crippen LogP contribution in [-0.2, 0) is 12.8 Å². The molecule has 2 heterocycles. The summed E-state index contributed by atoms with van der Waals surface area (Å²) in [5.41, 5.74) is 13.5. The first kappa shape index (κ1) is 20.5. The third kappa shape index (κ3) is 3.50. The number of hydrogen-bond donors (Lipinski definition) is 2. The van der Waals surface area contributed by atoms with Crippen LogP contribution < -0.4 is 15.8 Å². The first-order valence-electron chi connectivity index (χ1n) is 10.8. The zero-order valence-corrected chi connectivity index (χ0v) is 19.0. The summed E-state index contributed by atoms with van der Waals surface area (Å²) in [5, 5.41) is 3.90. The van der Waals surface area contributed by atoms with Gasteiger partial charge in [0.05, 0.1) is 12.8 Å². The van der Waals surface area contributed by atoms with Crippen LogP contribution in [0.2, 0.25) is 0 Å². The van der Waals surface area contributed by atoms with Gasteiger partial charge in [0.2, 0.25) is 0 Å². The third-order valence-corrected chi connectivity index (χ3v) is 7.23. The predicted molar refractivity (Wildman–Crippen MR) is 132 cm³/mol. The molecule has 0 saturated heterocycles. The fourth-order valence-electron chi connectivity index (χ4n) is 4.44. The molecule has 1 amide bonds. The van der Waals surface area contributed by atoms with Crippen molar-refractivity contribution in [3.8, 4) is 16.9 Å². The quantitative estimate of drug-likeness (QED) is 0.406. The molecular weight excluding hydrogens is 418 g/mol. The van der Waals surface area contributed by atoms with Crippen LogP contribution in [0.3, 0.4) is 0 Å². The molecule has 3 N–H and O–H groups in total. The number of pyridine rings is 1. The minimum Gasteiger partial charge on any atom is -0.497 e. The first-order chi connectivity index (χ1) is 15.6. The zero-order valence-electron chi connectivity index (χ0n) is 18.2. The van der Waals surface area contributed by atoms with Gasteiger partial charge in [0.25, 0.3) is 5.91 Å². The summed E-state index contributed by atoms with van der Waals surface area (Å²) in [6, 6.07) is 15.8. The Morgan fingerprint density at radius 2 is 1.84 bits per heavy atom. The Bertz CT molecular complexity index is 1330. The molecule has 1 aliphatic rings. The Morgan fingerprint density at radius 1 is 1.09 bits per heavy atom. The highest BCUT2D eigenvalue weighted by Crippen LogP contribution is 2.44. The standard InChI is InChI=1S/C26H25N3O2S/c1-15-7-3-5-9-19(15)28-25(30)24-23(27)22-21(16-11-13-17(31-2)14-12-16)18-8-4-6-10-20(18)29-26(22)32-24/h3,5,7,9,11-14H,4,6,8,10,27H2,1-2H3,(H,28,30). The molecule has 2 aromatic carbocycles. The lowest BCUT2D eigenvalue weighted by Gasteiger charge is -2.20. The number of rotatable bonds is 4. The lowest BCUT2D eigenvalue weighted by molar-refractivity contribution is 0.103. The number of benzene rings is 2. The van der Waals surface area contributed by atoms with Crippen LogP contribution >= 0.6 is 11.3 Å². The second kappa shape index (κ2) is 8.28. The topological polar surface area (TPSA) is 77.2 Å². The summed E-state index contributed by atoms with van der Waals surface area (Å²) in [7, 11) is 1.66. The number of aryl methyl sites for hydroxylation is 2. The van der Waals surface area contributed by atoms with E-state index in [9.17, 15) is 4.79 Å². The number of para-hydroxylation sites is 1. The maximum absolute atomic E-state index is 13.2. The molecule has 2 aromatic heterocycles. The van der Waals surface area contributed by atoms with E-state index in [1.54, 1.807) is 7.11 Å². The van der Waals surface area contributed by atoms with Crippen molar-refractivity contribution < 1.29 is 9.53 Å². The number of amides is 1. The molecule has 0 aliphatic heterocycles. The van der Waals surface area contributed by atoms with Gasteiger partial charge in [0.1, 0.15) is 15.5 Å². The molecule has 5 rings (SSSR count). The lowest BCUT2D eigenvalue weighted by atomic mass is 9.87. The maximum atomic E-state index is 13.2. The van der Waals surface area contributed by atoms with Crippen LogP contribution in [0, 0.1) is 6.92 Å². The molecule has 162 valence electrons. The number of carbonyl (C=O) groups excluding carboxylic acids is 1. The number of hydrogen-bond acceptors (Lipinski definition) is 5. The Kier molecular flexibility index (Phi) is 5.31. The number of thiophene rings is 1. The SMILES string of the molecule is COc1ccc(-c2c3c(nc4sc(C(=O)Nc5ccccc5C)c(N)c24)CCCC3)cc1. The smallest absolute Gasteiger partial charge is 0.267 e. The van der Waals surface area contributed by atoms with Crippen LogP contribution in [0.15, 0.2) is 48.5 Å². The number of nitrogens with one attached hydrogen (secondary N) is 1. The van der Waals surface area contributed by atoms with E-state index in [4.69, 9.17) is 15.5 Å². The minimum atomic E-state index is -0.196. The Morgan fingerprint density at radius 3 is 2.59 bits per heavy atom. The highest BCUT2D eigenvalue weighted by molar-refractivity contribution is 7.21. The molecule has 0 bridgehead atoms. The van der Waals surface area contributed by atoms with Crippen molar-refractivity contribution in [3.63, 3.8) is 0 Å². The number of carbonyl (C=O) groups is 1. The lowest BCUT2D eigenvalue weighted by Crippen LogP contribution is -2.12. The molecule has 0 fully saturated rings. The summed E-state index contributed by atoms with van der Waals surface area (Å²) in [5.74, 6) is 0.614. The highest BCUT2D eigenvalue weighted by Gasteiger charge is 2.26. The van der Waals surface area contributed by atoms with Crippen LogP contribution in [0.1, 0.15) is 39.3 Å². The Balaban J connectivity index is 1.67. The molecular formula is C26H25N3O2S. The van der Waals surface area contributed by atoms with E-state index in [1.807, 2.05) is 43.3 Å².